The van der Waals surface area contributed by atoms with Crippen LogP contribution in [0.1, 0.15) is 54.7 Å². The van der Waals surface area contributed by atoms with E-state index in [9.17, 15) is 9.59 Å². The average Bonchev–Trinajstić information content (AvgIpc) is 3.15. The number of halogens is 2. The summed E-state index contributed by atoms with van der Waals surface area (Å²) >= 11 is 12.4. The Labute approximate surface area is 240 Å². The SMILES string of the molecule is CC(C)[C@H](N)C(=O)OCC(C)(C)COC1(c2ccc(Cl)cc2)c2ccccc2C(=O)N1Cc1ccc(Cl)cc1. The Kier molecular flexibility index (Phi) is 8.72. The molecule has 4 rings (SSSR count). The Morgan fingerprint density at radius 1 is 0.949 bits per heavy atom. The van der Waals surface area contributed by atoms with Crippen LogP contribution in [0, 0.1) is 11.3 Å². The van der Waals surface area contributed by atoms with Crippen molar-refractivity contribution in [2.45, 2.75) is 46.0 Å². The van der Waals surface area contributed by atoms with Crippen molar-refractivity contribution in [1.29, 1.82) is 0 Å². The first kappa shape index (κ1) is 29.1. The number of ether oxygens (including phenoxy) is 2. The number of carbonyl (C=O) groups excluding carboxylic acids is 2. The van der Waals surface area contributed by atoms with Gasteiger partial charge in [0.1, 0.15) is 6.04 Å². The lowest BCUT2D eigenvalue weighted by atomic mass is 9.91. The van der Waals surface area contributed by atoms with Crippen LogP contribution in [0.3, 0.4) is 0 Å². The summed E-state index contributed by atoms with van der Waals surface area (Å²) in [5.41, 5.74) is 7.10. The Morgan fingerprint density at radius 2 is 1.54 bits per heavy atom. The Balaban J connectivity index is 1.73. The van der Waals surface area contributed by atoms with E-state index in [0.717, 1.165) is 16.7 Å². The molecule has 6 nitrogen and oxygen atoms in total. The standard InChI is InChI=1S/C31H34Cl2N2O4/c1-20(2)27(34)29(37)38-18-30(3,4)19-39-31(22-11-15-24(33)16-12-22)26-8-6-5-7-25(26)28(36)35(31)17-21-9-13-23(32)14-10-21/h5-16,20,27H,17-19,34H2,1-4H3/t27-,31?/m0/s1. The predicted octanol–water partition coefficient (Wildman–Crippen LogP) is 6.42. The van der Waals surface area contributed by atoms with E-state index in [0.29, 0.717) is 15.6 Å². The molecular formula is C31H34Cl2N2O4. The van der Waals surface area contributed by atoms with E-state index >= 15 is 0 Å². The molecule has 0 aliphatic carbocycles. The highest BCUT2D eigenvalue weighted by Crippen LogP contribution is 2.47. The van der Waals surface area contributed by atoms with Gasteiger partial charge in [-0.15, -0.1) is 0 Å². The van der Waals surface area contributed by atoms with Crippen LogP contribution in [-0.2, 0) is 26.5 Å². The van der Waals surface area contributed by atoms with Gasteiger partial charge in [-0.2, -0.15) is 0 Å². The van der Waals surface area contributed by atoms with Gasteiger partial charge in [-0.3, -0.25) is 14.5 Å². The molecule has 1 aliphatic rings. The third-order valence-electron chi connectivity index (χ3n) is 6.90. The molecule has 1 unspecified atom stereocenters. The summed E-state index contributed by atoms with van der Waals surface area (Å²) in [6.07, 6.45) is 0. The molecule has 1 aliphatic heterocycles. The lowest BCUT2D eigenvalue weighted by Crippen LogP contribution is -2.48. The molecular weight excluding hydrogens is 535 g/mol. The highest BCUT2D eigenvalue weighted by molar-refractivity contribution is 6.30. The van der Waals surface area contributed by atoms with Crippen LogP contribution < -0.4 is 5.73 Å². The quantitative estimate of drug-likeness (QED) is 0.285. The van der Waals surface area contributed by atoms with Gasteiger partial charge in [-0.05, 0) is 41.8 Å². The second-order valence-electron chi connectivity index (χ2n) is 11.0. The third-order valence-corrected chi connectivity index (χ3v) is 7.41. The van der Waals surface area contributed by atoms with Gasteiger partial charge in [0.25, 0.3) is 5.91 Å². The normalized spacial score (nSPS) is 17.8. The molecule has 2 atom stereocenters. The van der Waals surface area contributed by atoms with Crippen molar-refractivity contribution in [1.82, 2.24) is 4.90 Å². The van der Waals surface area contributed by atoms with Gasteiger partial charge in [0, 0.05) is 38.7 Å². The van der Waals surface area contributed by atoms with Crippen LogP contribution in [0.2, 0.25) is 10.0 Å². The number of amides is 1. The lowest BCUT2D eigenvalue weighted by Gasteiger charge is -2.41. The fraction of sp³-hybridized carbons (Fsp3) is 0.355. The topological polar surface area (TPSA) is 81.9 Å². The molecule has 0 aromatic heterocycles. The van der Waals surface area contributed by atoms with Crippen LogP contribution in [0.5, 0.6) is 0 Å². The molecule has 0 fully saturated rings. The first-order valence-electron chi connectivity index (χ1n) is 12.9. The summed E-state index contributed by atoms with van der Waals surface area (Å²) in [5, 5.41) is 1.19. The summed E-state index contributed by atoms with van der Waals surface area (Å²) < 4.78 is 12.4. The van der Waals surface area contributed by atoms with E-state index in [1.54, 1.807) is 29.2 Å². The first-order valence-corrected chi connectivity index (χ1v) is 13.7. The van der Waals surface area contributed by atoms with Crippen molar-refractivity contribution >= 4 is 35.1 Å². The summed E-state index contributed by atoms with van der Waals surface area (Å²) in [4.78, 5) is 28.1. The van der Waals surface area contributed by atoms with Gasteiger partial charge in [0.2, 0.25) is 0 Å². The molecule has 3 aromatic rings. The molecule has 8 heteroatoms. The van der Waals surface area contributed by atoms with Crippen LogP contribution in [-0.4, -0.2) is 36.0 Å². The number of rotatable bonds is 10. The van der Waals surface area contributed by atoms with Crippen LogP contribution in [0.4, 0.5) is 0 Å². The number of hydrogen-bond donors (Lipinski definition) is 1. The molecule has 0 spiro atoms. The van der Waals surface area contributed by atoms with Crippen molar-refractivity contribution in [2.75, 3.05) is 13.2 Å². The number of benzene rings is 3. The van der Waals surface area contributed by atoms with Gasteiger partial charge in [0.05, 0.1) is 13.2 Å². The Morgan fingerprint density at radius 3 is 2.15 bits per heavy atom. The fourth-order valence-corrected chi connectivity index (χ4v) is 4.81. The monoisotopic (exact) mass is 568 g/mol. The van der Waals surface area contributed by atoms with E-state index in [1.807, 2.05) is 76.2 Å². The molecule has 3 aromatic carbocycles. The van der Waals surface area contributed by atoms with Crippen LogP contribution >= 0.6 is 23.2 Å². The summed E-state index contributed by atoms with van der Waals surface area (Å²) in [6.45, 7) is 8.21. The smallest absolute Gasteiger partial charge is 0.323 e. The average molecular weight is 570 g/mol. The number of esters is 1. The highest BCUT2D eigenvalue weighted by atomic mass is 35.5. The largest absolute Gasteiger partial charge is 0.464 e. The summed E-state index contributed by atoms with van der Waals surface area (Å²) in [6, 6.07) is 21.5. The van der Waals surface area contributed by atoms with E-state index in [2.05, 4.69) is 0 Å². The molecule has 0 radical (unpaired) electrons. The maximum atomic E-state index is 13.9. The molecule has 0 saturated carbocycles. The number of carbonyl (C=O) groups is 2. The molecule has 206 valence electrons. The van der Waals surface area contributed by atoms with E-state index in [1.165, 1.54) is 0 Å². The highest BCUT2D eigenvalue weighted by Gasteiger charge is 2.52. The number of nitrogens with zero attached hydrogens (tertiary/aromatic N) is 1. The molecule has 0 saturated heterocycles. The predicted molar refractivity (Wildman–Crippen MR) is 154 cm³/mol. The van der Waals surface area contributed by atoms with E-state index in [-0.39, 0.29) is 31.6 Å². The van der Waals surface area contributed by atoms with Crippen LogP contribution in [0.15, 0.2) is 72.8 Å². The lowest BCUT2D eigenvalue weighted by molar-refractivity contribution is -0.159. The second-order valence-corrected chi connectivity index (χ2v) is 11.9. The minimum Gasteiger partial charge on any atom is -0.464 e. The van der Waals surface area contributed by atoms with E-state index in [4.69, 9.17) is 38.4 Å². The van der Waals surface area contributed by atoms with E-state index < -0.39 is 23.2 Å². The summed E-state index contributed by atoms with van der Waals surface area (Å²) in [5.74, 6) is -0.633. The maximum absolute atomic E-state index is 13.9. The minimum absolute atomic E-state index is 0.0348. The zero-order chi connectivity index (χ0) is 28.4. The molecule has 1 heterocycles. The molecule has 39 heavy (non-hydrogen) atoms. The minimum atomic E-state index is -1.24. The molecule has 0 bridgehead atoms. The van der Waals surface area contributed by atoms with Crippen molar-refractivity contribution in [3.05, 3.63) is 105 Å². The molecule has 2 N–H and O–H groups in total. The van der Waals surface area contributed by atoms with Crippen molar-refractivity contribution < 1.29 is 19.1 Å². The van der Waals surface area contributed by atoms with Gasteiger partial charge >= 0.3 is 5.97 Å². The third kappa shape index (κ3) is 6.15. The van der Waals surface area contributed by atoms with Gasteiger partial charge in [0.15, 0.2) is 5.72 Å². The van der Waals surface area contributed by atoms with Crippen molar-refractivity contribution in [2.24, 2.45) is 17.1 Å². The zero-order valence-electron chi connectivity index (χ0n) is 22.6. The van der Waals surface area contributed by atoms with Gasteiger partial charge in [-0.1, -0.05) is 93.4 Å². The van der Waals surface area contributed by atoms with Crippen molar-refractivity contribution in [3.63, 3.8) is 0 Å². The second kappa shape index (κ2) is 11.7. The molecule has 1 amide bonds. The first-order chi connectivity index (χ1) is 18.4. The zero-order valence-corrected chi connectivity index (χ0v) is 24.1. The maximum Gasteiger partial charge on any atom is 0.323 e. The van der Waals surface area contributed by atoms with Crippen LogP contribution in [0.25, 0.3) is 0 Å². The van der Waals surface area contributed by atoms with Crippen molar-refractivity contribution in [3.8, 4) is 0 Å². The Hall–Kier alpha value is -2.90. The van der Waals surface area contributed by atoms with Gasteiger partial charge < -0.3 is 15.2 Å². The Bertz CT molecular complexity index is 1330. The number of nitrogens with two attached hydrogens (primary N) is 1. The fourth-order valence-electron chi connectivity index (χ4n) is 4.56. The van der Waals surface area contributed by atoms with Gasteiger partial charge in [-0.25, -0.2) is 0 Å². The number of fused-ring (bicyclic) bond motifs is 1. The number of hydrogen-bond acceptors (Lipinski definition) is 5. The summed E-state index contributed by atoms with van der Waals surface area (Å²) in [7, 11) is 0.